The summed E-state index contributed by atoms with van der Waals surface area (Å²) in [6.07, 6.45) is 5.28. The Labute approximate surface area is 157 Å². The van der Waals surface area contributed by atoms with Gasteiger partial charge in [-0.1, -0.05) is 35.5 Å². The summed E-state index contributed by atoms with van der Waals surface area (Å²) >= 11 is 0. The number of hydrogen-bond acceptors (Lipinski definition) is 6. The summed E-state index contributed by atoms with van der Waals surface area (Å²) in [5.74, 6) is 1.18. The van der Waals surface area contributed by atoms with Crippen molar-refractivity contribution < 1.29 is 9.32 Å². The minimum Gasteiger partial charge on any atom is -0.338 e. The second-order valence-electron chi connectivity index (χ2n) is 6.74. The number of hydrogen-bond donors (Lipinski definition) is 0. The molecule has 1 aromatic carbocycles. The molecular weight excluding hydrogens is 344 g/mol. The third kappa shape index (κ3) is 3.74. The minimum atomic E-state index is 0.0858. The van der Waals surface area contributed by atoms with Crippen LogP contribution in [0.15, 0.2) is 41.1 Å². The molecule has 0 saturated carbocycles. The Kier molecular flexibility index (Phi) is 4.95. The van der Waals surface area contributed by atoms with E-state index < -0.39 is 0 Å². The molecule has 0 radical (unpaired) electrons. The molecule has 0 aliphatic carbocycles. The van der Waals surface area contributed by atoms with Gasteiger partial charge in [0, 0.05) is 25.1 Å². The molecule has 1 amide bonds. The van der Waals surface area contributed by atoms with Gasteiger partial charge < -0.3 is 9.42 Å². The molecule has 140 valence electrons. The van der Waals surface area contributed by atoms with Gasteiger partial charge >= 0.3 is 0 Å². The van der Waals surface area contributed by atoms with E-state index in [-0.39, 0.29) is 11.9 Å². The third-order valence-electron chi connectivity index (χ3n) is 4.82. The van der Waals surface area contributed by atoms with Crippen LogP contribution in [0.4, 0.5) is 0 Å². The zero-order valence-electron chi connectivity index (χ0n) is 15.3. The van der Waals surface area contributed by atoms with Crippen LogP contribution in [0, 0.1) is 0 Å². The van der Waals surface area contributed by atoms with Gasteiger partial charge in [0.25, 0.3) is 11.8 Å². The Hall–Kier alpha value is -3.03. The quantitative estimate of drug-likeness (QED) is 0.690. The Morgan fingerprint density at radius 2 is 2.00 bits per heavy atom. The van der Waals surface area contributed by atoms with Crippen LogP contribution in [0.2, 0.25) is 0 Å². The average molecular weight is 366 g/mol. The number of carbonyl (C=O) groups is 1. The van der Waals surface area contributed by atoms with Gasteiger partial charge in [-0.25, -0.2) is 4.68 Å². The Bertz CT molecular complexity index is 896. The molecule has 2 aromatic heterocycles. The highest BCUT2D eigenvalue weighted by Gasteiger charge is 2.26. The molecule has 3 aromatic rings. The number of carbonyl (C=O) groups excluding carboxylic acids is 1. The highest BCUT2D eigenvalue weighted by molar-refractivity contribution is 5.94. The normalized spacial score (nSPS) is 15.2. The fourth-order valence-electron chi connectivity index (χ4n) is 3.33. The molecule has 1 aliphatic heterocycles. The van der Waals surface area contributed by atoms with Crippen molar-refractivity contribution in [2.75, 3.05) is 13.1 Å². The van der Waals surface area contributed by atoms with Gasteiger partial charge in [-0.2, -0.15) is 4.98 Å². The lowest BCUT2D eigenvalue weighted by molar-refractivity contribution is 0.0689. The zero-order valence-corrected chi connectivity index (χ0v) is 15.3. The van der Waals surface area contributed by atoms with Crippen molar-refractivity contribution in [3.8, 4) is 11.6 Å². The third-order valence-corrected chi connectivity index (χ3v) is 4.82. The maximum atomic E-state index is 12.6. The van der Waals surface area contributed by atoms with Crippen molar-refractivity contribution in [3.63, 3.8) is 0 Å². The van der Waals surface area contributed by atoms with Gasteiger partial charge in [0.05, 0.1) is 12.2 Å². The first-order valence-electron chi connectivity index (χ1n) is 9.33. The van der Waals surface area contributed by atoms with Gasteiger partial charge in [0.1, 0.15) is 0 Å². The summed E-state index contributed by atoms with van der Waals surface area (Å²) in [5, 5.41) is 12.4. The summed E-state index contributed by atoms with van der Waals surface area (Å²) in [5.41, 5.74) is 1.32. The maximum Gasteiger partial charge on any atom is 0.280 e. The number of aryl methyl sites for hydroxylation is 1. The van der Waals surface area contributed by atoms with Crippen LogP contribution >= 0.6 is 0 Å². The van der Waals surface area contributed by atoms with Gasteiger partial charge in [-0.05, 0) is 31.4 Å². The molecule has 27 heavy (non-hydrogen) atoms. The van der Waals surface area contributed by atoms with Crippen LogP contribution in [-0.2, 0) is 6.42 Å². The van der Waals surface area contributed by atoms with Crippen molar-refractivity contribution >= 4 is 5.91 Å². The van der Waals surface area contributed by atoms with Gasteiger partial charge in [-0.15, -0.1) is 5.10 Å². The van der Waals surface area contributed by atoms with E-state index in [9.17, 15) is 4.79 Å². The summed E-state index contributed by atoms with van der Waals surface area (Å²) < 4.78 is 7.12. The Morgan fingerprint density at radius 1 is 1.22 bits per heavy atom. The largest absolute Gasteiger partial charge is 0.338 e. The molecule has 1 saturated heterocycles. The molecule has 8 heteroatoms. The monoisotopic (exact) mass is 366 g/mol. The smallest absolute Gasteiger partial charge is 0.280 e. The standard InChI is InChI=1S/C19H22N6O2/c1-2-6-17-20-18(27-22-17)16-13-25(23-21-16)15-9-11-24(12-10-15)19(26)14-7-4-3-5-8-14/h3-5,7-8,13,15H,2,6,9-12H2,1H3. The predicted octanol–water partition coefficient (Wildman–Crippen LogP) is 2.76. The van der Waals surface area contributed by atoms with E-state index in [2.05, 4.69) is 27.4 Å². The fraction of sp³-hybridized carbons (Fsp3) is 0.421. The molecule has 1 fully saturated rings. The highest BCUT2D eigenvalue weighted by atomic mass is 16.5. The summed E-state index contributed by atoms with van der Waals surface area (Å²) in [7, 11) is 0. The van der Waals surface area contributed by atoms with E-state index in [1.165, 1.54) is 0 Å². The first-order valence-corrected chi connectivity index (χ1v) is 9.33. The fourth-order valence-corrected chi connectivity index (χ4v) is 3.33. The number of rotatable bonds is 5. The lowest BCUT2D eigenvalue weighted by Gasteiger charge is -2.31. The SMILES string of the molecule is CCCc1noc(-c2cn(C3CCN(C(=O)c4ccccc4)CC3)nn2)n1. The molecule has 1 aliphatic rings. The molecule has 0 N–H and O–H groups in total. The van der Waals surface area contributed by atoms with E-state index in [0.29, 0.717) is 30.5 Å². The Balaban J connectivity index is 1.38. The van der Waals surface area contributed by atoms with E-state index >= 15 is 0 Å². The van der Waals surface area contributed by atoms with Gasteiger partial charge in [-0.3, -0.25) is 4.79 Å². The molecule has 0 atom stereocenters. The number of likely N-dealkylation sites (tertiary alicyclic amines) is 1. The number of amides is 1. The maximum absolute atomic E-state index is 12.6. The summed E-state index contributed by atoms with van der Waals surface area (Å²) in [4.78, 5) is 18.8. The van der Waals surface area contributed by atoms with Crippen LogP contribution < -0.4 is 0 Å². The van der Waals surface area contributed by atoms with Crippen LogP contribution in [0.5, 0.6) is 0 Å². The van der Waals surface area contributed by atoms with Crippen molar-refractivity contribution in [2.24, 2.45) is 0 Å². The van der Waals surface area contributed by atoms with Crippen LogP contribution in [0.25, 0.3) is 11.6 Å². The zero-order chi connectivity index (χ0) is 18.6. The predicted molar refractivity (Wildman–Crippen MR) is 97.9 cm³/mol. The van der Waals surface area contributed by atoms with Crippen LogP contribution in [0.1, 0.15) is 48.4 Å². The van der Waals surface area contributed by atoms with E-state index in [4.69, 9.17) is 4.52 Å². The minimum absolute atomic E-state index is 0.0858. The molecule has 3 heterocycles. The number of piperidine rings is 1. The first kappa shape index (κ1) is 17.4. The lowest BCUT2D eigenvalue weighted by atomic mass is 10.0. The molecule has 0 unspecified atom stereocenters. The molecule has 0 bridgehead atoms. The molecule has 4 rings (SSSR count). The topological polar surface area (TPSA) is 89.9 Å². The highest BCUT2D eigenvalue weighted by Crippen LogP contribution is 2.24. The number of nitrogens with zero attached hydrogens (tertiary/aromatic N) is 6. The van der Waals surface area contributed by atoms with E-state index in [1.54, 1.807) is 0 Å². The van der Waals surface area contributed by atoms with Crippen LogP contribution in [-0.4, -0.2) is 49.0 Å². The van der Waals surface area contributed by atoms with Crippen LogP contribution in [0.3, 0.4) is 0 Å². The number of benzene rings is 1. The summed E-state index contributed by atoms with van der Waals surface area (Å²) in [6, 6.07) is 9.62. The van der Waals surface area contributed by atoms with Gasteiger partial charge in [0.2, 0.25) is 0 Å². The molecular formula is C19H22N6O2. The van der Waals surface area contributed by atoms with Crippen molar-refractivity contribution in [1.82, 2.24) is 30.0 Å². The number of aromatic nitrogens is 5. The van der Waals surface area contributed by atoms with Crippen molar-refractivity contribution in [2.45, 2.75) is 38.6 Å². The second kappa shape index (κ2) is 7.69. The average Bonchev–Trinajstić information content (AvgIpc) is 3.38. The van der Waals surface area contributed by atoms with Crippen molar-refractivity contribution in [1.29, 1.82) is 0 Å². The Morgan fingerprint density at radius 3 is 2.74 bits per heavy atom. The van der Waals surface area contributed by atoms with Gasteiger partial charge in [0.15, 0.2) is 11.5 Å². The molecule has 8 nitrogen and oxygen atoms in total. The second-order valence-corrected chi connectivity index (χ2v) is 6.74. The first-order chi connectivity index (χ1) is 13.2. The van der Waals surface area contributed by atoms with E-state index in [1.807, 2.05) is 46.1 Å². The molecule has 0 spiro atoms. The van der Waals surface area contributed by atoms with E-state index in [0.717, 1.165) is 31.2 Å². The van der Waals surface area contributed by atoms with Crippen molar-refractivity contribution in [3.05, 3.63) is 47.9 Å². The summed E-state index contributed by atoms with van der Waals surface area (Å²) in [6.45, 7) is 3.48. The lowest BCUT2D eigenvalue weighted by Crippen LogP contribution is -2.39.